The van der Waals surface area contributed by atoms with Crippen molar-refractivity contribution in [1.82, 2.24) is 0 Å². The van der Waals surface area contributed by atoms with Crippen molar-refractivity contribution < 1.29 is 9.46 Å². The Balaban J connectivity index is 3.06. The summed E-state index contributed by atoms with van der Waals surface area (Å²) in [5.41, 5.74) is 3.43. The molecule has 3 heteroatoms. The zero-order chi connectivity index (χ0) is 20.3. The van der Waals surface area contributed by atoms with Crippen LogP contribution in [0.2, 0.25) is 18.1 Å². The molecule has 0 saturated heterocycles. The molecule has 0 aliphatic carbocycles. The molecule has 1 aromatic rings. The van der Waals surface area contributed by atoms with Crippen LogP contribution in [-0.2, 0) is 15.1 Å². The molecule has 27 heavy (non-hydrogen) atoms. The topological polar surface area (TPSA) is 18.5 Å². The Morgan fingerprint density at radius 2 is 1.48 bits per heavy atom. The minimum atomic E-state index is -1.85. The van der Waals surface area contributed by atoms with E-state index in [4.69, 9.17) is 9.46 Å². The first kappa shape index (κ1) is 24.1. The lowest BCUT2D eigenvalue weighted by molar-refractivity contribution is -0.306. The summed E-state index contributed by atoms with van der Waals surface area (Å²) < 4.78 is 6.48. The second-order valence-electron chi connectivity index (χ2n) is 8.52. The Morgan fingerprint density at radius 3 is 1.93 bits per heavy atom. The van der Waals surface area contributed by atoms with Crippen LogP contribution in [0.25, 0.3) is 0 Å². The monoisotopic (exact) mass is 390 g/mol. The van der Waals surface area contributed by atoms with E-state index >= 15 is 0 Å². The average Bonchev–Trinajstić information content (AvgIpc) is 2.61. The Hall–Kier alpha value is -0.903. The highest BCUT2D eigenvalue weighted by Gasteiger charge is 2.38. The molecule has 2 nitrogen and oxygen atoms in total. The van der Waals surface area contributed by atoms with Gasteiger partial charge in [-0.1, -0.05) is 81.5 Å². The van der Waals surface area contributed by atoms with Crippen LogP contribution in [0, 0.1) is 6.92 Å². The lowest BCUT2D eigenvalue weighted by Gasteiger charge is -2.36. The number of rotatable bonds is 13. The molecule has 0 bridgehead atoms. The average molecular weight is 391 g/mol. The molecule has 0 spiro atoms. The van der Waals surface area contributed by atoms with E-state index in [0.29, 0.717) is 0 Å². The zero-order valence-electron chi connectivity index (χ0n) is 18.9. The summed E-state index contributed by atoms with van der Waals surface area (Å²) in [4.78, 5) is 6.39. The molecule has 0 aliphatic rings. The van der Waals surface area contributed by atoms with Gasteiger partial charge in [0.1, 0.15) is 5.60 Å². The van der Waals surface area contributed by atoms with Crippen molar-refractivity contribution in [3.8, 4) is 0 Å². The van der Waals surface area contributed by atoms with Gasteiger partial charge in [0, 0.05) is 0 Å². The van der Waals surface area contributed by atoms with Crippen LogP contribution in [0.4, 0.5) is 0 Å². The Kier molecular flexibility index (Phi) is 10.6. The van der Waals surface area contributed by atoms with E-state index in [1.807, 2.05) is 0 Å². The summed E-state index contributed by atoms with van der Waals surface area (Å²) in [6.07, 6.45) is 7.75. The SMILES string of the molecule is CCC[Si](CCC)(CCC)OOC(C)(CCC=C(C)C)c1ccc(C)cc1. The Labute approximate surface area is 169 Å². The zero-order valence-corrected chi connectivity index (χ0v) is 19.9. The number of hydrogen-bond donors (Lipinski definition) is 0. The highest BCUT2D eigenvalue weighted by Crippen LogP contribution is 2.36. The van der Waals surface area contributed by atoms with Gasteiger partial charge >= 0.3 is 0 Å². The van der Waals surface area contributed by atoms with Crippen LogP contribution in [0.1, 0.15) is 84.8 Å². The first-order chi connectivity index (χ1) is 12.8. The molecule has 154 valence electrons. The summed E-state index contributed by atoms with van der Waals surface area (Å²) >= 11 is 0. The van der Waals surface area contributed by atoms with E-state index in [-0.39, 0.29) is 0 Å². The Morgan fingerprint density at radius 1 is 0.963 bits per heavy atom. The van der Waals surface area contributed by atoms with Gasteiger partial charge in [-0.2, -0.15) is 0 Å². The first-order valence-electron chi connectivity index (χ1n) is 10.9. The number of hydrogen-bond acceptors (Lipinski definition) is 2. The van der Waals surface area contributed by atoms with Crippen LogP contribution < -0.4 is 0 Å². The lowest BCUT2D eigenvalue weighted by Crippen LogP contribution is -2.41. The quantitative estimate of drug-likeness (QED) is 0.147. The molecule has 0 heterocycles. The molecule has 1 atom stereocenters. The molecule has 1 aromatic carbocycles. The van der Waals surface area contributed by atoms with Gasteiger partial charge in [0.15, 0.2) is 0 Å². The van der Waals surface area contributed by atoms with E-state index < -0.39 is 13.9 Å². The summed E-state index contributed by atoms with van der Waals surface area (Å²) in [6.45, 7) is 15.4. The van der Waals surface area contributed by atoms with Gasteiger partial charge in [0.05, 0.1) is 0 Å². The van der Waals surface area contributed by atoms with Crippen molar-refractivity contribution in [2.75, 3.05) is 0 Å². The maximum atomic E-state index is 6.48. The minimum absolute atomic E-state index is 0.410. The highest BCUT2D eigenvalue weighted by molar-refractivity contribution is 6.73. The second kappa shape index (κ2) is 11.8. The third kappa shape index (κ3) is 7.93. The van der Waals surface area contributed by atoms with Crippen molar-refractivity contribution in [3.05, 3.63) is 47.0 Å². The van der Waals surface area contributed by atoms with E-state index in [2.05, 4.69) is 78.8 Å². The molecule has 0 radical (unpaired) electrons. The maximum absolute atomic E-state index is 6.48. The molecule has 0 aliphatic heterocycles. The van der Waals surface area contributed by atoms with Crippen LogP contribution in [-0.4, -0.2) is 8.32 Å². The molecule has 1 unspecified atom stereocenters. The maximum Gasteiger partial charge on any atom is 0.239 e. The second-order valence-corrected chi connectivity index (χ2v) is 12.5. The molecule has 0 saturated carbocycles. The fraction of sp³-hybridized carbons (Fsp3) is 0.667. The van der Waals surface area contributed by atoms with Gasteiger partial charge in [0.2, 0.25) is 8.32 Å². The van der Waals surface area contributed by atoms with Crippen LogP contribution >= 0.6 is 0 Å². The third-order valence-corrected chi connectivity index (χ3v) is 10.0. The smallest absolute Gasteiger partial charge is 0.239 e. The van der Waals surface area contributed by atoms with Gasteiger partial charge in [-0.05, 0) is 64.2 Å². The number of aryl methyl sites for hydroxylation is 1. The van der Waals surface area contributed by atoms with Gasteiger partial charge < -0.3 is 0 Å². The van der Waals surface area contributed by atoms with Gasteiger partial charge in [-0.25, -0.2) is 4.89 Å². The van der Waals surface area contributed by atoms with Gasteiger partial charge in [0.25, 0.3) is 0 Å². The van der Waals surface area contributed by atoms with E-state index in [1.54, 1.807) is 0 Å². The van der Waals surface area contributed by atoms with Gasteiger partial charge in [-0.3, -0.25) is 4.58 Å². The number of allylic oxidation sites excluding steroid dienone is 2. The predicted octanol–water partition coefficient (Wildman–Crippen LogP) is 8.08. The van der Waals surface area contributed by atoms with Crippen LogP contribution in [0.3, 0.4) is 0 Å². The number of benzene rings is 1. The van der Waals surface area contributed by atoms with Crippen molar-refractivity contribution in [2.45, 2.75) is 104 Å². The molecule has 0 aromatic heterocycles. The fourth-order valence-corrected chi connectivity index (χ4v) is 7.92. The molecule has 1 rings (SSSR count). The Bertz CT molecular complexity index is 543. The summed E-state index contributed by atoms with van der Waals surface area (Å²) in [5.74, 6) is 0. The van der Waals surface area contributed by atoms with Crippen LogP contribution in [0.15, 0.2) is 35.9 Å². The molecular formula is C24H42O2Si. The van der Waals surface area contributed by atoms with Crippen molar-refractivity contribution >= 4 is 8.32 Å². The van der Waals surface area contributed by atoms with Crippen LogP contribution in [0.5, 0.6) is 0 Å². The van der Waals surface area contributed by atoms with Crippen molar-refractivity contribution in [3.63, 3.8) is 0 Å². The lowest BCUT2D eigenvalue weighted by atomic mass is 9.90. The summed E-state index contributed by atoms with van der Waals surface area (Å²) in [6, 6.07) is 12.3. The summed E-state index contributed by atoms with van der Waals surface area (Å²) in [7, 11) is -1.85. The fourth-order valence-electron chi connectivity index (χ4n) is 3.82. The largest absolute Gasteiger partial charge is 0.285 e. The normalized spacial score (nSPS) is 14.0. The van der Waals surface area contributed by atoms with E-state index in [1.165, 1.54) is 54.1 Å². The molecular weight excluding hydrogens is 348 g/mol. The predicted molar refractivity (Wildman–Crippen MR) is 120 cm³/mol. The first-order valence-corrected chi connectivity index (χ1v) is 13.4. The van der Waals surface area contributed by atoms with E-state index in [9.17, 15) is 0 Å². The highest BCUT2D eigenvalue weighted by atomic mass is 28.4. The van der Waals surface area contributed by atoms with Crippen molar-refractivity contribution in [1.29, 1.82) is 0 Å². The van der Waals surface area contributed by atoms with Crippen molar-refractivity contribution in [2.24, 2.45) is 0 Å². The van der Waals surface area contributed by atoms with E-state index in [0.717, 1.165) is 12.8 Å². The minimum Gasteiger partial charge on any atom is -0.285 e. The third-order valence-electron chi connectivity index (χ3n) is 5.36. The van der Waals surface area contributed by atoms with Gasteiger partial charge in [-0.15, -0.1) is 0 Å². The molecule has 0 N–H and O–H groups in total. The summed E-state index contributed by atoms with van der Waals surface area (Å²) in [5, 5.41) is 0. The molecule has 0 amide bonds. The standard InChI is InChI=1S/C24H42O2Si/c1-8-18-27(19-9-2,20-10-3)26-25-24(7,17-11-12-21(4)5)23-15-13-22(6)14-16-23/h12-16H,8-11,17-20H2,1-7H3. The molecule has 0 fully saturated rings.